The summed E-state index contributed by atoms with van der Waals surface area (Å²) in [7, 11) is 0. The summed E-state index contributed by atoms with van der Waals surface area (Å²) in [5.41, 5.74) is 0. The Labute approximate surface area is 40.1 Å². The lowest BCUT2D eigenvalue weighted by Gasteiger charge is -2.02. The van der Waals surface area contributed by atoms with E-state index in [-0.39, 0.29) is 0 Å². The highest BCUT2D eigenvalue weighted by Gasteiger charge is 2.01. The molecule has 0 bridgehead atoms. The van der Waals surface area contributed by atoms with E-state index in [1.54, 1.807) is 0 Å². The highest BCUT2D eigenvalue weighted by molar-refractivity contribution is 4.37. The maximum Gasteiger partial charge on any atom is 0.294 e. The van der Waals surface area contributed by atoms with Crippen LogP contribution in [0.15, 0.2) is 0 Å². The molecule has 0 fully saturated rings. The van der Waals surface area contributed by atoms with E-state index in [0.29, 0.717) is 0 Å². The van der Waals surface area contributed by atoms with Gasteiger partial charge in [-0.1, -0.05) is 0 Å². The Kier molecular flexibility index (Phi) is 2.78. The van der Waals surface area contributed by atoms with Crippen LogP contribution in [0.2, 0.25) is 0 Å². The lowest BCUT2D eigenvalue weighted by atomic mass is 10.7. The highest BCUT2D eigenvalue weighted by atomic mass is 19.3. The van der Waals surface area contributed by atoms with Crippen LogP contribution in [0, 0.1) is 0 Å². The molecule has 0 heterocycles. The van der Waals surface area contributed by atoms with Gasteiger partial charge in [0.05, 0.1) is 0 Å². The van der Waals surface area contributed by atoms with Crippen LogP contribution >= 0.6 is 0 Å². The Morgan fingerprint density at radius 2 is 2.00 bits per heavy atom. The molecule has 4 heteroatoms. The molecule has 44 valence electrons. The molecule has 0 aliphatic heterocycles. The molecule has 0 aromatic rings. The minimum atomic E-state index is -2.63. The number of aliphatic hydroxyl groups is 1. The van der Waals surface area contributed by atoms with Gasteiger partial charge in [-0.2, -0.15) is 8.78 Å². The van der Waals surface area contributed by atoms with E-state index in [1.165, 1.54) is 12.2 Å². The second-order valence-electron chi connectivity index (χ2n) is 1.14. The van der Waals surface area contributed by atoms with Crippen molar-refractivity contribution < 1.29 is 13.9 Å². The molecule has 2 nitrogen and oxygen atoms in total. The first-order chi connectivity index (χ1) is 3.13. The number of alkyl halides is 2. The van der Waals surface area contributed by atoms with E-state index in [0.717, 1.165) is 0 Å². The average molecular weight is 111 g/mol. The number of aliphatic hydroxyl groups excluding tert-OH is 1. The third kappa shape index (κ3) is 5.78. The maximum atomic E-state index is 11.0. The first kappa shape index (κ1) is 6.78. The van der Waals surface area contributed by atoms with Gasteiger partial charge in [0.1, 0.15) is 6.23 Å². The second kappa shape index (κ2) is 2.87. The first-order valence-corrected chi connectivity index (χ1v) is 1.85. The van der Waals surface area contributed by atoms with Crippen LogP contribution in [0.4, 0.5) is 8.78 Å². The standard InChI is InChI=1S/C3H7F2NO/c1-2(7)6-3(4)5/h2-3,6-7H,1H3. The van der Waals surface area contributed by atoms with Crippen molar-refractivity contribution in [2.45, 2.75) is 19.7 Å². The minimum Gasteiger partial charge on any atom is -0.379 e. The zero-order chi connectivity index (χ0) is 5.86. The van der Waals surface area contributed by atoms with Crippen molar-refractivity contribution in [2.24, 2.45) is 0 Å². The fraction of sp³-hybridized carbons (Fsp3) is 1.00. The summed E-state index contributed by atoms with van der Waals surface area (Å²) >= 11 is 0. The number of rotatable bonds is 2. The molecular weight excluding hydrogens is 104 g/mol. The minimum absolute atomic E-state index is 1.13. The number of hydrogen-bond donors (Lipinski definition) is 2. The van der Waals surface area contributed by atoms with Crippen molar-refractivity contribution in [2.75, 3.05) is 0 Å². The van der Waals surface area contributed by atoms with Crippen LogP contribution < -0.4 is 5.32 Å². The molecule has 0 saturated carbocycles. The van der Waals surface area contributed by atoms with Gasteiger partial charge in [0.2, 0.25) is 0 Å². The molecule has 0 amide bonds. The van der Waals surface area contributed by atoms with E-state index < -0.39 is 12.8 Å². The van der Waals surface area contributed by atoms with Gasteiger partial charge in [-0.3, -0.25) is 0 Å². The van der Waals surface area contributed by atoms with Gasteiger partial charge >= 0.3 is 0 Å². The Hall–Kier alpha value is -0.220. The topological polar surface area (TPSA) is 32.3 Å². The Balaban J connectivity index is 2.95. The predicted octanol–water partition coefficient (Wildman–Crippen LogP) is 0.137. The molecule has 0 aromatic carbocycles. The number of halogens is 2. The van der Waals surface area contributed by atoms with Crippen molar-refractivity contribution >= 4 is 0 Å². The second-order valence-corrected chi connectivity index (χ2v) is 1.14. The third-order valence-electron chi connectivity index (χ3n) is 0.367. The molecule has 7 heavy (non-hydrogen) atoms. The maximum absolute atomic E-state index is 11.0. The van der Waals surface area contributed by atoms with E-state index in [9.17, 15) is 8.78 Å². The average Bonchev–Trinajstić information content (AvgIpc) is 1.27. The quantitative estimate of drug-likeness (QED) is 0.392. The van der Waals surface area contributed by atoms with Crippen molar-refractivity contribution in [1.29, 1.82) is 0 Å². The highest BCUT2D eigenvalue weighted by Crippen LogP contribution is 1.85. The Morgan fingerprint density at radius 1 is 1.57 bits per heavy atom. The number of nitrogens with one attached hydrogen (secondary N) is 1. The van der Waals surface area contributed by atoms with Crippen molar-refractivity contribution in [3.05, 3.63) is 0 Å². The molecule has 0 aromatic heterocycles. The molecule has 0 rings (SSSR count). The zero-order valence-electron chi connectivity index (χ0n) is 3.86. The fourth-order valence-corrected chi connectivity index (χ4v) is 0.182. The summed E-state index contributed by atoms with van der Waals surface area (Å²) in [6.07, 6.45) is -1.13. The monoisotopic (exact) mass is 111 g/mol. The summed E-state index contributed by atoms with van der Waals surface area (Å²) in [5.74, 6) is 0. The normalized spacial score (nSPS) is 15.0. The van der Waals surface area contributed by atoms with E-state index in [4.69, 9.17) is 5.11 Å². The lowest BCUT2D eigenvalue weighted by molar-refractivity contribution is 0.0311. The van der Waals surface area contributed by atoms with Gasteiger partial charge in [-0.25, -0.2) is 5.32 Å². The number of hydrogen-bond acceptors (Lipinski definition) is 2. The summed E-state index contributed by atoms with van der Waals surface area (Å²) in [6.45, 7) is -1.40. The third-order valence-corrected chi connectivity index (χ3v) is 0.367. The molecular formula is C3H7F2NO. The molecule has 0 aliphatic rings. The van der Waals surface area contributed by atoms with Gasteiger partial charge in [0, 0.05) is 0 Å². The summed E-state index contributed by atoms with van der Waals surface area (Å²) < 4.78 is 22.0. The van der Waals surface area contributed by atoms with Gasteiger partial charge in [-0.15, -0.1) is 0 Å². The van der Waals surface area contributed by atoms with Crippen LogP contribution in [0.25, 0.3) is 0 Å². The summed E-state index contributed by atoms with van der Waals surface area (Å²) in [6, 6.07) is 0. The smallest absolute Gasteiger partial charge is 0.294 e. The van der Waals surface area contributed by atoms with Crippen LogP contribution in [0.1, 0.15) is 6.92 Å². The van der Waals surface area contributed by atoms with E-state index in [1.807, 2.05) is 0 Å². The lowest BCUT2D eigenvalue weighted by Crippen LogP contribution is -2.29. The van der Waals surface area contributed by atoms with Crippen molar-refractivity contribution in [3.8, 4) is 0 Å². The van der Waals surface area contributed by atoms with Gasteiger partial charge in [0.25, 0.3) is 6.55 Å². The first-order valence-electron chi connectivity index (χ1n) is 1.85. The molecule has 0 aliphatic carbocycles. The van der Waals surface area contributed by atoms with Crippen LogP contribution in [0.5, 0.6) is 0 Å². The fourth-order valence-electron chi connectivity index (χ4n) is 0.182. The van der Waals surface area contributed by atoms with Crippen LogP contribution in [0.3, 0.4) is 0 Å². The molecule has 0 spiro atoms. The summed E-state index contributed by atoms with van der Waals surface area (Å²) in [4.78, 5) is 0. The molecule has 2 N–H and O–H groups in total. The van der Waals surface area contributed by atoms with Crippen molar-refractivity contribution in [3.63, 3.8) is 0 Å². The SMILES string of the molecule is CC(O)NC(F)F. The Morgan fingerprint density at radius 3 is 2.00 bits per heavy atom. The molecule has 1 unspecified atom stereocenters. The van der Waals surface area contributed by atoms with Gasteiger partial charge in [0.15, 0.2) is 0 Å². The predicted molar refractivity (Wildman–Crippen MR) is 20.8 cm³/mol. The summed E-state index contributed by atoms with van der Waals surface area (Å²) in [5, 5.41) is 9.66. The molecule has 0 saturated heterocycles. The van der Waals surface area contributed by atoms with Crippen LogP contribution in [-0.4, -0.2) is 17.9 Å². The van der Waals surface area contributed by atoms with Crippen LogP contribution in [-0.2, 0) is 0 Å². The van der Waals surface area contributed by atoms with E-state index >= 15 is 0 Å². The van der Waals surface area contributed by atoms with Gasteiger partial charge in [-0.05, 0) is 6.92 Å². The molecule has 0 radical (unpaired) electrons. The zero-order valence-corrected chi connectivity index (χ0v) is 3.86. The molecule has 1 atom stereocenters. The van der Waals surface area contributed by atoms with Gasteiger partial charge < -0.3 is 5.11 Å². The van der Waals surface area contributed by atoms with E-state index in [2.05, 4.69) is 0 Å². The Bertz CT molecular complexity index is 42.2. The largest absolute Gasteiger partial charge is 0.379 e. The van der Waals surface area contributed by atoms with Crippen molar-refractivity contribution in [1.82, 2.24) is 5.32 Å².